The van der Waals surface area contributed by atoms with E-state index in [1.807, 2.05) is 18.0 Å². The first kappa shape index (κ1) is 17.7. The molecule has 6 heteroatoms. The summed E-state index contributed by atoms with van der Waals surface area (Å²) in [6, 6.07) is 6.73. The number of aromatic hydroxyl groups is 1. The van der Waals surface area contributed by atoms with Crippen LogP contribution in [0.25, 0.3) is 0 Å². The van der Waals surface area contributed by atoms with Gasteiger partial charge >= 0.3 is 0 Å². The monoisotopic (exact) mass is 322 g/mol. The van der Waals surface area contributed by atoms with Crippen LogP contribution in [0, 0.1) is 11.8 Å². The van der Waals surface area contributed by atoms with Gasteiger partial charge in [0.2, 0.25) is 5.91 Å². The van der Waals surface area contributed by atoms with Gasteiger partial charge < -0.3 is 25.1 Å². The van der Waals surface area contributed by atoms with Gasteiger partial charge in [0.05, 0.1) is 13.0 Å². The van der Waals surface area contributed by atoms with Gasteiger partial charge in [-0.05, 0) is 30.7 Å². The summed E-state index contributed by atoms with van der Waals surface area (Å²) < 4.78 is 0. The number of hydrogen-bond acceptors (Lipinski definition) is 5. The zero-order valence-electron chi connectivity index (χ0n) is 13.6. The molecule has 0 aromatic heterocycles. The topological polar surface area (TPSA) is 84.2 Å². The maximum absolute atomic E-state index is 12.5. The first-order valence-electron chi connectivity index (χ1n) is 7.99. The highest BCUT2D eigenvalue weighted by atomic mass is 16.3. The number of benzene rings is 1. The summed E-state index contributed by atoms with van der Waals surface area (Å²) in [5.74, 6) is 0.462. The van der Waals surface area contributed by atoms with Crippen LogP contribution in [0.2, 0.25) is 0 Å². The van der Waals surface area contributed by atoms with Crippen molar-refractivity contribution in [3.05, 3.63) is 29.8 Å². The number of aliphatic hydroxyl groups is 2. The lowest BCUT2D eigenvalue weighted by atomic mass is 9.96. The number of hydrogen-bond donors (Lipinski definition) is 3. The van der Waals surface area contributed by atoms with E-state index in [1.165, 1.54) is 0 Å². The normalized spacial score (nSPS) is 21.1. The summed E-state index contributed by atoms with van der Waals surface area (Å²) in [5, 5.41) is 28.0. The number of amides is 1. The Balaban J connectivity index is 1.94. The molecule has 0 unspecified atom stereocenters. The summed E-state index contributed by atoms with van der Waals surface area (Å²) in [6.07, 6.45) is 0.256. The molecule has 2 rings (SSSR count). The van der Waals surface area contributed by atoms with Gasteiger partial charge in [-0.3, -0.25) is 4.79 Å². The van der Waals surface area contributed by atoms with Crippen molar-refractivity contribution < 1.29 is 20.1 Å². The highest BCUT2D eigenvalue weighted by Gasteiger charge is 2.35. The molecule has 1 aromatic carbocycles. The lowest BCUT2D eigenvalue weighted by molar-refractivity contribution is -0.129. The van der Waals surface area contributed by atoms with Gasteiger partial charge in [0, 0.05) is 38.7 Å². The number of nitrogens with zero attached hydrogens (tertiary/aromatic N) is 2. The van der Waals surface area contributed by atoms with Gasteiger partial charge in [-0.15, -0.1) is 0 Å². The number of rotatable bonds is 7. The number of aliphatic hydroxyl groups excluding tert-OH is 2. The molecule has 23 heavy (non-hydrogen) atoms. The number of carbonyl (C=O) groups is 1. The minimum absolute atomic E-state index is 0.0151. The Hall–Kier alpha value is -1.63. The van der Waals surface area contributed by atoms with Crippen molar-refractivity contribution in [1.29, 1.82) is 0 Å². The Morgan fingerprint density at radius 2 is 2.04 bits per heavy atom. The third-order valence-corrected chi connectivity index (χ3v) is 4.46. The van der Waals surface area contributed by atoms with E-state index >= 15 is 0 Å². The van der Waals surface area contributed by atoms with Crippen LogP contribution in [0.5, 0.6) is 5.75 Å². The third kappa shape index (κ3) is 4.92. The molecule has 1 heterocycles. The van der Waals surface area contributed by atoms with Crippen LogP contribution in [0.4, 0.5) is 0 Å². The molecule has 0 aliphatic carbocycles. The van der Waals surface area contributed by atoms with E-state index in [1.54, 1.807) is 23.1 Å². The maximum atomic E-state index is 12.5. The Bertz CT molecular complexity index is 523. The van der Waals surface area contributed by atoms with Crippen molar-refractivity contribution in [3.63, 3.8) is 0 Å². The van der Waals surface area contributed by atoms with Crippen LogP contribution in [0.15, 0.2) is 24.3 Å². The minimum atomic E-state index is 0.0151. The number of phenols is 1. The standard InChI is InChI=1S/C17H26N2O4/c1-18(5-6-20)9-14-10-19(11-15(14)12-21)17(23)8-13-3-2-4-16(22)7-13/h2-4,7,14-15,20-22H,5-6,8-12H2,1H3/t14-,15-/m1/s1. The van der Waals surface area contributed by atoms with Crippen LogP contribution < -0.4 is 0 Å². The maximum Gasteiger partial charge on any atom is 0.227 e. The number of likely N-dealkylation sites (tertiary alicyclic amines) is 1. The second-order valence-electron chi connectivity index (χ2n) is 6.33. The summed E-state index contributed by atoms with van der Waals surface area (Å²) in [6.45, 7) is 2.69. The molecule has 0 bridgehead atoms. The Labute approximate surface area is 137 Å². The smallest absolute Gasteiger partial charge is 0.227 e. The summed E-state index contributed by atoms with van der Waals surface area (Å²) in [4.78, 5) is 16.3. The minimum Gasteiger partial charge on any atom is -0.508 e. The second-order valence-corrected chi connectivity index (χ2v) is 6.33. The quantitative estimate of drug-likeness (QED) is 0.654. The first-order chi connectivity index (χ1) is 11.0. The highest BCUT2D eigenvalue weighted by Crippen LogP contribution is 2.25. The Kier molecular flexibility index (Phi) is 6.38. The van der Waals surface area contributed by atoms with Crippen LogP contribution in [0.3, 0.4) is 0 Å². The number of phenolic OH excluding ortho intramolecular Hbond substituents is 1. The fourth-order valence-electron chi connectivity index (χ4n) is 3.17. The zero-order valence-corrected chi connectivity index (χ0v) is 13.6. The van der Waals surface area contributed by atoms with Gasteiger partial charge in [0.15, 0.2) is 0 Å². The van der Waals surface area contributed by atoms with Gasteiger partial charge in [-0.25, -0.2) is 0 Å². The van der Waals surface area contributed by atoms with E-state index in [0.717, 1.165) is 12.1 Å². The fourth-order valence-corrected chi connectivity index (χ4v) is 3.17. The molecule has 0 spiro atoms. The van der Waals surface area contributed by atoms with Gasteiger partial charge in [-0.2, -0.15) is 0 Å². The average Bonchev–Trinajstić information content (AvgIpc) is 2.90. The molecule has 1 fully saturated rings. The summed E-state index contributed by atoms with van der Waals surface area (Å²) in [7, 11) is 1.93. The number of likely N-dealkylation sites (N-methyl/N-ethyl adjacent to an activating group) is 1. The molecule has 0 radical (unpaired) electrons. The largest absolute Gasteiger partial charge is 0.508 e. The summed E-state index contributed by atoms with van der Waals surface area (Å²) >= 11 is 0. The van der Waals surface area contributed by atoms with Crippen LogP contribution in [-0.2, 0) is 11.2 Å². The van der Waals surface area contributed by atoms with Crippen molar-refractivity contribution in [3.8, 4) is 5.75 Å². The molecule has 1 aliphatic rings. The zero-order chi connectivity index (χ0) is 16.8. The molecular weight excluding hydrogens is 296 g/mol. The first-order valence-corrected chi connectivity index (χ1v) is 7.99. The lowest BCUT2D eigenvalue weighted by Crippen LogP contribution is -2.34. The van der Waals surface area contributed by atoms with E-state index in [0.29, 0.717) is 19.6 Å². The van der Waals surface area contributed by atoms with Gasteiger partial charge in [-0.1, -0.05) is 12.1 Å². The van der Waals surface area contributed by atoms with Gasteiger partial charge in [0.1, 0.15) is 5.75 Å². The van der Waals surface area contributed by atoms with E-state index in [-0.39, 0.29) is 43.1 Å². The van der Waals surface area contributed by atoms with Crippen LogP contribution in [0.1, 0.15) is 5.56 Å². The lowest BCUT2D eigenvalue weighted by Gasteiger charge is -2.23. The predicted octanol–water partition coefficient (Wildman–Crippen LogP) is -0.0743. The molecule has 6 nitrogen and oxygen atoms in total. The molecule has 1 aromatic rings. The molecule has 1 amide bonds. The number of carbonyl (C=O) groups excluding carboxylic acids is 1. The highest BCUT2D eigenvalue weighted by molar-refractivity contribution is 5.79. The van der Waals surface area contributed by atoms with E-state index in [4.69, 9.17) is 5.11 Å². The van der Waals surface area contributed by atoms with E-state index < -0.39 is 0 Å². The molecule has 2 atom stereocenters. The van der Waals surface area contributed by atoms with Crippen LogP contribution >= 0.6 is 0 Å². The molecule has 1 aliphatic heterocycles. The molecule has 1 saturated heterocycles. The van der Waals surface area contributed by atoms with Crippen LogP contribution in [-0.4, -0.2) is 77.5 Å². The SMILES string of the molecule is CN(CCO)C[C@@H]1CN(C(=O)Cc2cccc(O)c2)C[C@@H]1CO. The van der Waals surface area contributed by atoms with Crippen molar-refractivity contribution in [2.45, 2.75) is 6.42 Å². The van der Waals surface area contributed by atoms with Crippen molar-refractivity contribution >= 4 is 5.91 Å². The van der Waals surface area contributed by atoms with Gasteiger partial charge in [0.25, 0.3) is 0 Å². The fraction of sp³-hybridized carbons (Fsp3) is 0.588. The Morgan fingerprint density at radius 3 is 2.70 bits per heavy atom. The third-order valence-electron chi connectivity index (χ3n) is 4.46. The predicted molar refractivity (Wildman–Crippen MR) is 87.0 cm³/mol. The molecule has 128 valence electrons. The second kappa shape index (κ2) is 8.29. The molecule has 0 saturated carbocycles. The summed E-state index contributed by atoms with van der Waals surface area (Å²) in [5.41, 5.74) is 0.788. The van der Waals surface area contributed by atoms with E-state index in [9.17, 15) is 15.0 Å². The molecular formula is C17H26N2O4. The molecule has 3 N–H and O–H groups in total. The van der Waals surface area contributed by atoms with Crippen molar-refractivity contribution in [2.75, 3.05) is 46.4 Å². The van der Waals surface area contributed by atoms with E-state index in [2.05, 4.69) is 0 Å². The van der Waals surface area contributed by atoms with Crippen molar-refractivity contribution in [1.82, 2.24) is 9.80 Å². The average molecular weight is 322 g/mol. The van der Waals surface area contributed by atoms with Crippen molar-refractivity contribution in [2.24, 2.45) is 11.8 Å². The Morgan fingerprint density at radius 1 is 1.30 bits per heavy atom.